The highest BCUT2D eigenvalue weighted by atomic mass is 32.2. The van der Waals surface area contributed by atoms with Crippen LogP contribution in [0, 0.1) is 13.8 Å². The number of nitrogens with zero attached hydrogens (tertiary/aromatic N) is 3. The molecule has 0 bridgehead atoms. The number of sulfonamides is 1. The van der Waals surface area contributed by atoms with Crippen LogP contribution in [0.1, 0.15) is 42.5 Å². The minimum Gasteiger partial charge on any atom is -0.379 e. The molecule has 2 aliphatic rings. The summed E-state index contributed by atoms with van der Waals surface area (Å²) in [5.74, 6) is 0.0568. The lowest BCUT2D eigenvalue weighted by Crippen LogP contribution is -2.53. The van der Waals surface area contributed by atoms with Gasteiger partial charge in [0.1, 0.15) is 0 Å². The maximum Gasteiger partial charge on any atom is 0.243 e. The number of aromatic nitrogens is 1. The molecule has 9 heteroatoms. The molecule has 1 atom stereocenters. The summed E-state index contributed by atoms with van der Waals surface area (Å²) in [4.78, 5) is 15.7. The Hall–Kier alpha value is -2.04. The predicted molar refractivity (Wildman–Crippen MR) is 130 cm³/mol. The lowest BCUT2D eigenvalue weighted by molar-refractivity contribution is -0.126. The molecule has 0 saturated carbocycles. The van der Waals surface area contributed by atoms with Crippen molar-refractivity contribution in [3.05, 3.63) is 47.3 Å². The zero-order valence-electron chi connectivity index (χ0n) is 20.7. The van der Waals surface area contributed by atoms with E-state index in [1.54, 1.807) is 18.2 Å². The van der Waals surface area contributed by atoms with Crippen LogP contribution in [-0.4, -0.2) is 85.6 Å². The van der Waals surface area contributed by atoms with Gasteiger partial charge in [-0.1, -0.05) is 6.07 Å². The number of ketones is 1. The van der Waals surface area contributed by atoms with Crippen molar-refractivity contribution in [3.63, 3.8) is 0 Å². The van der Waals surface area contributed by atoms with Crippen molar-refractivity contribution in [1.29, 1.82) is 0 Å². The Labute approximate surface area is 202 Å². The average Bonchev–Trinajstić information content (AvgIpc) is 3.07. The van der Waals surface area contributed by atoms with Crippen LogP contribution in [0.2, 0.25) is 0 Å². The fraction of sp³-hybridized carbons (Fsp3) is 0.560. The third kappa shape index (κ3) is 5.13. The molecule has 0 spiro atoms. The normalized spacial score (nSPS) is 22.1. The lowest BCUT2D eigenvalue weighted by Gasteiger charge is -2.41. The van der Waals surface area contributed by atoms with Gasteiger partial charge in [-0.2, -0.15) is 4.31 Å². The first-order valence-electron chi connectivity index (χ1n) is 11.8. The molecule has 34 heavy (non-hydrogen) atoms. The maximum atomic E-state index is 13.3. The highest BCUT2D eigenvalue weighted by Crippen LogP contribution is 2.26. The number of carbonyl (C=O) groups excluding carboxylic acids is 1. The Morgan fingerprint density at radius 1 is 1.15 bits per heavy atom. The number of hydrogen-bond acceptors (Lipinski definition) is 6. The zero-order chi connectivity index (χ0) is 24.7. The van der Waals surface area contributed by atoms with Gasteiger partial charge in [-0.15, -0.1) is 0 Å². The van der Waals surface area contributed by atoms with Gasteiger partial charge in [0.05, 0.1) is 36.4 Å². The van der Waals surface area contributed by atoms with E-state index in [0.29, 0.717) is 45.0 Å². The van der Waals surface area contributed by atoms with Crippen molar-refractivity contribution in [2.45, 2.75) is 51.2 Å². The maximum absolute atomic E-state index is 13.3. The van der Waals surface area contributed by atoms with E-state index >= 15 is 0 Å². The molecule has 1 unspecified atom stereocenters. The molecule has 2 aliphatic heterocycles. The standard InChI is InChI=1S/C25H35N3O5S/c1-18-13-23(24(29)16-26-15-19(2)33-25(4,5)17-26)20(3)28(18)21-7-6-8-22(14-21)34(30,31)27-9-11-32-12-10-27/h6-8,13-14,19H,9-12,15-17H2,1-5H3. The van der Waals surface area contributed by atoms with Crippen molar-refractivity contribution in [1.82, 2.24) is 13.8 Å². The monoisotopic (exact) mass is 489 g/mol. The molecule has 2 aromatic rings. The Morgan fingerprint density at radius 3 is 2.53 bits per heavy atom. The molecule has 2 fully saturated rings. The smallest absolute Gasteiger partial charge is 0.243 e. The molecule has 4 rings (SSSR count). The number of benzene rings is 1. The minimum atomic E-state index is -3.61. The second kappa shape index (κ2) is 9.54. The first kappa shape index (κ1) is 25.1. The largest absolute Gasteiger partial charge is 0.379 e. The van der Waals surface area contributed by atoms with Crippen LogP contribution in [0.15, 0.2) is 35.2 Å². The van der Waals surface area contributed by atoms with Crippen molar-refractivity contribution in [3.8, 4) is 5.69 Å². The number of ether oxygens (including phenoxy) is 2. The summed E-state index contributed by atoms with van der Waals surface area (Å²) in [6.07, 6.45) is 0.0696. The van der Waals surface area contributed by atoms with Crippen molar-refractivity contribution in [2.24, 2.45) is 0 Å². The van der Waals surface area contributed by atoms with E-state index in [1.807, 2.05) is 51.3 Å². The third-order valence-electron chi connectivity index (χ3n) is 6.42. The second-order valence-corrected chi connectivity index (χ2v) is 11.9. The Balaban J connectivity index is 1.59. The molecule has 0 radical (unpaired) electrons. The van der Waals surface area contributed by atoms with E-state index in [2.05, 4.69) is 4.90 Å². The average molecular weight is 490 g/mol. The van der Waals surface area contributed by atoms with Crippen LogP contribution in [-0.2, 0) is 19.5 Å². The van der Waals surface area contributed by atoms with Crippen LogP contribution < -0.4 is 0 Å². The molecular formula is C25H35N3O5S. The molecule has 1 aromatic heterocycles. The highest BCUT2D eigenvalue weighted by Gasteiger charge is 2.33. The van der Waals surface area contributed by atoms with Crippen LogP contribution in [0.4, 0.5) is 0 Å². The predicted octanol–water partition coefficient (Wildman–Crippen LogP) is 2.80. The first-order chi connectivity index (χ1) is 16.0. The molecular weight excluding hydrogens is 454 g/mol. The van der Waals surface area contributed by atoms with Gasteiger partial charge >= 0.3 is 0 Å². The number of hydrogen-bond donors (Lipinski definition) is 0. The SMILES string of the molecule is Cc1cc(C(=O)CN2CC(C)OC(C)(C)C2)c(C)n1-c1cccc(S(=O)(=O)N2CCOCC2)c1. The molecule has 3 heterocycles. The van der Waals surface area contributed by atoms with Gasteiger partial charge in [0.15, 0.2) is 5.78 Å². The summed E-state index contributed by atoms with van der Waals surface area (Å²) < 4.78 is 41.0. The van der Waals surface area contributed by atoms with Crippen LogP contribution in [0.5, 0.6) is 0 Å². The lowest BCUT2D eigenvalue weighted by atomic mass is 10.0. The van der Waals surface area contributed by atoms with Gasteiger partial charge in [-0.25, -0.2) is 8.42 Å². The molecule has 0 amide bonds. The molecule has 1 aromatic carbocycles. The molecule has 8 nitrogen and oxygen atoms in total. The summed E-state index contributed by atoms with van der Waals surface area (Å²) in [7, 11) is -3.61. The van der Waals surface area contributed by atoms with E-state index in [0.717, 1.165) is 23.6 Å². The molecule has 2 saturated heterocycles. The number of rotatable bonds is 6. The third-order valence-corrected chi connectivity index (χ3v) is 8.32. The highest BCUT2D eigenvalue weighted by molar-refractivity contribution is 7.89. The Bertz CT molecular complexity index is 1170. The summed E-state index contributed by atoms with van der Waals surface area (Å²) >= 11 is 0. The number of morpholine rings is 2. The summed E-state index contributed by atoms with van der Waals surface area (Å²) in [5, 5.41) is 0. The van der Waals surface area contributed by atoms with Gasteiger partial charge in [0.25, 0.3) is 0 Å². The van der Waals surface area contributed by atoms with Crippen molar-refractivity contribution in [2.75, 3.05) is 45.9 Å². The topological polar surface area (TPSA) is 81.1 Å². The summed E-state index contributed by atoms with van der Waals surface area (Å²) in [5.41, 5.74) is 2.79. The van der Waals surface area contributed by atoms with E-state index in [9.17, 15) is 13.2 Å². The quantitative estimate of drug-likeness (QED) is 0.581. The number of aryl methyl sites for hydroxylation is 1. The van der Waals surface area contributed by atoms with Crippen molar-refractivity contribution < 1.29 is 22.7 Å². The molecule has 0 aliphatic carbocycles. The molecule has 0 N–H and O–H groups in total. The summed E-state index contributed by atoms with van der Waals surface area (Å²) in [6.45, 7) is 13.2. The Morgan fingerprint density at radius 2 is 1.85 bits per heavy atom. The van der Waals surface area contributed by atoms with Crippen LogP contribution >= 0.6 is 0 Å². The number of Topliss-reactive ketones (excluding diaryl/α,β-unsaturated/α-hetero) is 1. The first-order valence-corrected chi connectivity index (χ1v) is 13.2. The second-order valence-electron chi connectivity index (χ2n) is 9.91. The van der Waals surface area contributed by atoms with Crippen LogP contribution in [0.25, 0.3) is 5.69 Å². The van der Waals surface area contributed by atoms with Gasteiger partial charge in [-0.05, 0) is 58.9 Å². The zero-order valence-corrected chi connectivity index (χ0v) is 21.5. The van der Waals surface area contributed by atoms with Crippen molar-refractivity contribution >= 4 is 15.8 Å². The van der Waals surface area contributed by atoms with E-state index in [-0.39, 0.29) is 22.4 Å². The minimum absolute atomic E-state index is 0.0568. The number of carbonyl (C=O) groups is 1. The van der Waals surface area contributed by atoms with Gasteiger partial charge in [0, 0.05) is 48.8 Å². The van der Waals surface area contributed by atoms with Gasteiger partial charge in [0.2, 0.25) is 10.0 Å². The van der Waals surface area contributed by atoms with E-state index in [4.69, 9.17) is 9.47 Å². The van der Waals surface area contributed by atoms with Crippen LogP contribution in [0.3, 0.4) is 0 Å². The van der Waals surface area contributed by atoms with E-state index < -0.39 is 10.0 Å². The van der Waals surface area contributed by atoms with E-state index in [1.165, 1.54) is 4.31 Å². The van der Waals surface area contributed by atoms with Gasteiger partial charge in [-0.3, -0.25) is 9.69 Å². The fourth-order valence-electron chi connectivity index (χ4n) is 5.16. The Kier molecular flexibility index (Phi) is 7.04. The fourth-order valence-corrected chi connectivity index (χ4v) is 6.60. The molecule has 186 valence electrons. The summed E-state index contributed by atoms with van der Waals surface area (Å²) in [6, 6.07) is 8.83. The van der Waals surface area contributed by atoms with Gasteiger partial charge < -0.3 is 14.0 Å².